The van der Waals surface area contributed by atoms with E-state index >= 15 is 0 Å². The van der Waals surface area contributed by atoms with Gasteiger partial charge in [0.25, 0.3) is 5.56 Å². The lowest BCUT2D eigenvalue weighted by atomic mass is 10.2. The third-order valence-electron chi connectivity index (χ3n) is 2.65. The maximum absolute atomic E-state index is 11.4. The fourth-order valence-corrected chi connectivity index (χ4v) is 1.55. The fourth-order valence-electron chi connectivity index (χ4n) is 1.55. The van der Waals surface area contributed by atoms with Gasteiger partial charge in [0.2, 0.25) is 0 Å². The monoisotopic (exact) mass is 218 g/mol. The molecule has 2 aromatic rings. The van der Waals surface area contributed by atoms with E-state index in [0.717, 1.165) is 23.4 Å². The van der Waals surface area contributed by atoms with Gasteiger partial charge in [0.15, 0.2) is 0 Å². The van der Waals surface area contributed by atoms with Gasteiger partial charge in [-0.05, 0) is 13.3 Å². The van der Waals surface area contributed by atoms with Crippen molar-refractivity contribution in [2.75, 3.05) is 0 Å². The predicted molar refractivity (Wildman–Crippen MR) is 61.2 cm³/mol. The highest BCUT2D eigenvalue weighted by molar-refractivity contribution is 5.56. The Morgan fingerprint density at radius 3 is 2.81 bits per heavy atom. The molecule has 1 N–H and O–H groups in total. The zero-order valence-electron chi connectivity index (χ0n) is 9.61. The topological polar surface area (TPSA) is 63.6 Å². The zero-order chi connectivity index (χ0) is 11.7. The molecule has 0 aliphatic heterocycles. The van der Waals surface area contributed by atoms with Crippen molar-refractivity contribution in [1.82, 2.24) is 19.7 Å². The Balaban J connectivity index is 2.60. The molecule has 2 aromatic heterocycles. The van der Waals surface area contributed by atoms with E-state index in [2.05, 4.69) is 15.1 Å². The average Bonchev–Trinajstić information content (AvgIpc) is 2.59. The number of hydrogen-bond donors (Lipinski definition) is 1. The zero-order valence-corrected chi connectivity index (χ0v) is 9.61. The van der Waals surface area contributed by atoms with E-state index in [0.29, 0.717) is 5.82 Å². The van der Waals surface area contributed by atoms with Crippen LogP contribution >= 0.6 is 0 Å². The summed E-state index contributed by atoms with van der Waals surface area (Å²) < 4.78 is 1.76. The molecule has 5 nitrogen and oxygen atoms in total. The first-order valence-electron chi connectivity index (χ1n) is 5.21. The van der Waals surface area contributed by atoms with Crippen molar-refractivity contribution in [3.8, 4) is 11.4 Å². The first-order chi connectivity index (χ1) is 7.61. The standard InChI is InChI=1S/C11H14N4O/c1-4-8-5-10(16)14-11(13-8)9-6-12-15(3)7(9)2/h5-6H,4H2,1-3H3,(H,13,14,16). The van der Waals surface area contributed by atoms with Gasteiger partial charge in [0.05, 0.1) is 11.8 Å². The minimum Gasteiger partial charge on any atom is -0.306 e. The van der Waals surface area contributed by atoms with Gasteiger partial charge in [-0.3, -0.25) is 9.48 Å². The molecule has 0 aliphatic rings. The summed E-state index contributed by atoms with van der Waals surface area (Å²) >= 11 is 0. The Kier molecular flexibility index (Phi) is 2.60. The van der Waals surface area contributed by atoms with Gasteiger partial charge in [-0.1, -0.05) is 6.92 Å². The third-order valence-corrected chi connectivity index (χ3v) is 2.65. The molecule has 0 radical (unpaired) electrons. The average molecular weight is 218 g/mol. The van der Waals surface area contributed by atoms with E-state index in [1.54, 1.807) is 10.9 Å². The lowest BCUT2D eigenvalue weighted by molar-refractivity contribution is 0.740. The molecule has 0 unspecified atom stereocenters. The van der Waals surface area contributed by atoms with Crippen LogP contribution in [0.3, 0.4) is 0 Å². The summed E-state index contributed by atoms with van der Waals surface area (Å²) in [4.78, 5) is 18.6. The summed E-state index contributed by atoms with van der Waals surface area (Å²) in [5.41, 5.74) is 2.53. The van der Waals surface area contributed by atoms with E-state index in [1.165, 1.54) is 6.07 Å². The number of nitrogens with one attached hydrogen (secondary N) is 1. The minimum atomic E-state index is -0.120. The molecular weight excluding hydrogens is 204 g/mol. The molecule has 2 rings (SSSR count). The summed E-state index contributed by atoms with van der Waals surface area (Å²) in [7, 11) is 1.86. The first-order valence-corrected chi connectivity index (χ1v) is 5.21. The number of hydrogen-bond acceptors (Lipinski definition) is 3. The largest absolute Gasteiger partial charge is 0.306 e. The second-order valence-electron chi connectivity index (χ2n) is 3.71. The summed E-state index contributed by atoms with van der Waals surface area (Å²) in [6.45, 7) is 3.92. The minimum absolute atomic E-state index is 0.120. The number of nitrogens with zero attached hydrogens (tertiary/aromatic N) is 3. The lowest BCUT2D eigenvalue weighted by Crippen LogP contribution is -2.10. The van der Waals surface area contributed by atoms with Crippen LogP contribution in [0.4, 0.5) is 0 Å². The Morgan fingerprint density at radius 1 is 1.50 bits per heavy atom. The van der Waals surface area contributed by atoms with E-state index in [9.17, 15) is 4.79 Å². The molecule has 84 valence electrons. The summed E-state index contributed by atoms with van der Waals surface area (Å²) in [5, 5.41) is 4.13. The third kappa shape index (κ3) is 1.76. The molecule has 0 spiro atoms. The summed E-state index contributed by atoms with van der Waals surface area (Å²) in [6.07, 6.45) is 2.46. The first kappa shape index (κ1) is 10.6. The van der Waals surface area contributed by atoms with Crippen LogP contribution in [0.1, 0.15) is 18.3 Å². The molecule has 0 aliphatic carbocycles. The van der Waals surface area contributed by atoms with E-state index in [1.807, 2.05) is 20.9 Å². The second-order valence-corrected chi connectivity index (χ2v) is 3.71. The van der Waals surface area contributed by atoms with Crippen LogP contribution in [-0.2, 0) is 13.5 Å². The Bertz CT molecular complexity index is 568. The smallest absolute Gasteiger partial charge is 0.251 e. The molecule has 2 heterocycles. The van der Waals surface area contributed by atoms with Crippen LogP contribution in [0.25, 0.3) is 11.4 Å². The fraction of sp³-hybridized carbons (Fsp3) is 0.364. The van der Waals surface area contributed by atoms with Crippen molar-refractivity contribution < 1.29 is 0 Å². The molecule has 0 atom stereocenters. The molecular formula is C11H14N4O. The van der Waals surface area contributed by atoms with Crippen LogP contribution in [0.15, 0.2) is 17.1 Å². The normalized spacial score (nSPS) is 10.7. The molecule has 0 saturated heterocycles. The molecule has 0 bridgehead atoms. The molecule has 0 saturated carbocycles. The van der Waals surface area contributed by atoms with Crippen LogP contribution in [0.2, 0.25) is 0 Å². The summed E-state index contributed by atoms with van der Waals surface area (Å²) in [6, 6.07) is 1.52. The number of aromatic amines is 1. The van der Waals surface area contributed by atoms with Crippen molar-refractivity contribution in [2.45, 2.75) is 20.3 Å². The molecule has 16 heavy (non-hydrogen) atoms. The molecule has 0 aromatic carbocycles. The quantitative estimate of drug-likeness (QED) is 0.819. The molecule has 0 fully saturated rings. The van der Waals surface area contributed by atoms with Crippen molar-refractivity contribution in [2.24, 2.45) is 7.05 Å². The van der Waals surface area contributed by atoms with Crippen molar-refractivity contribution >= 4 is 0 Å². The van der Waals surface area contributed by atoms with E-state index in [4.69, 9.17) is 0 Å². The Hall–Kier alpha value is -1.91. The highest BCUT2D eigenvalue weighted by Gasteiger charge is 2.09. The lowest BCUT2D eigenvalue weighted by Gasteiger charge is -2.02. The highest BCUT2D eigenvalue weighted by Crippen LogP contribution is 2.17. The van der Waals surface area contributed by atoms with Gasteiger partial charge >= 0.3 is 0 Å². The number of aromatic nitrogens is 4. The Morgan fingerprint density at radius 2 is 2.25 bits per heavy atom. The van der Waals surface area contributed by atoms with Crippen LogP contribution in [0.5, 0.6) is 0 Å². The van der Waals surface area contributed by atoms with Crippen molar-refractivity contribution in [3.63, 3.8) is 0 Å². The molecule has 0 amide bonds. The summed E-state index contributed by atoms with van der Waals surface area (Å²) in [5.74, 6) is 0.593. The van der Waals surface area contributed by atoms with Crippen LogP contribution in [-0.4, -0.2) is 19.7 Å². The van der Waals surface area contributed by atoms with Gasteiger partial charge in [0, 0.05) is 24.5 Å². The maximum atomic E-state index is 11.4. The number of H-pyrrole nitrogens is 1. The van der Waals surface area contributed by atoms with Gasteiger partial charge in [-0.15, -0.1) is 0 Å². The van der Waals surface area contributed by atoms with Crippen LogP contribution < -0.4 is 5.56 Å². The van der Waals surface area contributed by atoms with Gasteiger partial charge in [0.1, 0.15) is 5.82 Å². The number of aryl methyl sites for hydroxylation is 2. The Labute approximate surface area is 93.2 Å². The predicted octanol–water partition coefficient (Wildman–Crippen LogP) is 1.04. The maximum Gasteiger partial charge on any atom is 0.251 e. The molecule has 5 heteroatoms. The van der Waals surface area contributed by atoms with Crippen LogP contribution in [0, 0.1) is 6.92 Å². The van der Waals surface area contributed by atoms with Crippen molar-refractivity contribution in [1.29, 1.82) is 0 Å². The van der Waals surface area contributed by atoms with Gasteiger partial charge < -0.3 is 4.98 Å². The SMILES string of the molecule is CCc1cc(=O)[nH]c(-c2cnn(C)c2C)n1. The van der Waals surface area contributed by atoms with E-state index in [-0.39, 0.29) is 5.56 Å². The van der Waals surface area contributed by atoms with Crippen molar-refractivity contribution in [3.05, 3.63) is 34.0 Å². The van der Waals surface area contributed by atoms with E-state index < -0.39 is 0 Å². The van der Waals surface area contributed by atoms with Gasteiger partial charge in [-0.25, -0.2) is 4.98 Å². The van der Waals surface area contributed by atoms with Gasteiger partial charge in [-0.2, -0.15) is 5.10 Å². The second kappa shape index (κ2) is 3.92. The number of rotatable bonds is 2. The highest BCUT2D eigenvalue weighted by atomic mass is 16.1.